The van der Waals surface area contributed by atoms with Gasteiger partial charge >= 0.3 is 6.18 Å². The summed E-state index contributed by atoms with van der Waals surface area (Å²) >= 11 is 11.1. The van der Waals surface area contributed by atoms with Gasteiger partial charge in [-0.05, 0) is 17.7 Å². The fraction of sp³-hybridized carbons (Fsp3) is 0.0909. The van der Waals surface area contributed by atoms with Crippen LogP contribution in [-0.2, 0) is 6.18 Å². The van der Waals surface area contributed by atoms with E-state index in [1.54, 1.807) is 0 Å². The first-order chi connectivity index (χ1) is 8.32. The van der Waals surface area contributed by atoms with E-state index in [4.69, 9.17) is 23.2 Å². The highest BCUT2D eigenvalue weighted by Gasteiger charge is 2.33. The lowest BCUT2D eigenvalue weighted by Gasteiger charge is -2.11. The van der Waals surface area contributed by atoms with Gasteiger partial charge in [-0.1, -0.05) is 23.7 Å². The van der Waals surface area contributed by atoms with Gasteiger partial charge in [-0.15, -0.1) is 0 Å². The maximum absolute atomic E-state index is 12.7. The number of carbonyl (C=O) groups excluding carboxylic acids is 1. The first kappa shape index (κ1) is 13.1. The molecule has 0 saturated heterocycles. The van der Waals surface area contributed by atoms with E-state index in [2.05, 4.69) is 4.98 Å². The minimum atomic E-state index is -4.54. The largest absolute Gasteiger partial charge is 0.418 e. The van der Waals surface area contributed by atoms with Crippen molar-refractivity contribution in [2.75, 3.05) is 0 Å². The molecular formula is C11H4Cl2F3NO. The van der Waals surface area contributed by atoms with E-state index in [9.17, 15) is 18.0 Å². The van der Waals surface area contributed by atoms with Gasteiger partial charge in [0, 0.05) is 11.6 Å². The van der Waals surface area contributed by atoms with Crippen molar-refractivity contribution >= 4 is 39.3 Å². The van der Waals surface area contributed by atoms with Gasteiger partial charge in [0.15, 0.2) is 0 Å². The third-order valence-corrected chi connectivity index (χ3v) is 2.96. The van der Waals surface area contributed by atoms with Crippen molar-refractivity contribution in [3.63, 3.8) is 0 Å². The molecule has 1 heterocycles. The smallest absolute Gasteiger partial charge is 0.275 e. The maximum Gasteiger partial charge on any atom is 0.418 e. The van der Waals surface area contributed by atoms with Crippen LogP contribution in [0, 0.1) is 0 Å². The van der Waals surface area contributed by atoms with Gasteiger partial charge in [0.05, 0.1) is 21.7 Å². The summed E-state index contributed by atoms with van der Waals surface area (Å²) in [5.74, 6) is 0. The molecule has 0 bridgehead atoms. The summed E-state index contributed by atoms with van der Waals surface area (Å²) in [5, 5.41) is -0.962. The van der Waals surface area contributed by atoms with Gasteiger partial charge in [-0.3, -0.25) is 9.78 Å². The van der Waals surface area contributed by atoms with Crippen molar-refractivity contribution in [2.24, 2.45) is 0 Å². The van der Waals surface area contributed by atoms with Crippen LogP contribution in [0.3, 0.4) is 0 Å². The zero-order valence-electron chi connectivity index (χ0n) is 8.55. The fourth-order valence-electron chi connectivity index (χ4n) is 1.56. The van der Waals surface area contributed by atoms with Gasteiger partial charge in [0.2, 0.25) is 0 Å². The van der Waals surface area contributed by atoms with Crippen molar-refractivity contribution in [1.29, 1.82) is 0 Å². The topological polar surface area (TPSA) is 30.0 Å². The Bertz CT molecular complexity index is 640. The van der Waals surface area contributed by atoms with E-state index in [1.165, 1.54) is 12.1 Å². The molecule has 7 heteroatoms. The summed E-state index contributed by atoms with van der Waals surface area (Å²) in [6.45, 7) is 0. The molecular weight excluding hydrogens is 290 g/mol. The summed E-state index contributed by atoms with van der Waals surface area (Å²) < 4.78 is 38.2. The van der Waals surface area contributed by atoms with Crippen LogP contribution in [0.2, 0.25) is 5.02 Å². The Kier molecular flexibility index (Phi) is 3.21. The number of pyridine rings is 1. The molecule has 0 radical (unpaired) electrons. The second-order valence-electron chi connectivity index (χ2n) is 3.46. The van der Waals surface area contributed by atoms with Crippen LogP contribution in [0.1, 0.15) is 15.9 Å². The Morgan fingerprint density at radius 1 is 1.28 bits per heavy atom. The number of nitrogens with zero attached hydrogens (tertiary/aromatic N) is 1. The minimum Gasteiger partial charge on any atom is -0.275 e. The van der Waals surface area contributed by atoms with Crippen LogP contribution in [0.15, 0.2) is 24.4 Å². The average molecular weight is 294 g/mol. The Labute approximate surface area is 109 Å². The van der Waals surface area contributed by atoms with Crippen LogP contribution in [0.25, 0.3) is 10.9 Å². The molecule has 0 N–H and O–H groups in total. The van der Waals surface area contributed by atoms with Crippen LogP contribution in [0.4, 0.5) is 13.2 Å². The lowest BCUT2D eigenvalue weighted by molar-refractivity contribution is -0.136. The number of fused-ring (bicyclic) bond motifs is 1. The van der Waals surface area contributed by atoms with E-state index >= 15 is 0 Å². The molecule has 0 aliphatic heterocycles. The Balaban J connectivity index is 2.83. The molecule has 0 spiro atoms. The number of carbonyl (C=O) groups is 1. The van der Waals surface area contributed by atoms with Gasteiger partial charge < -0.3 is 0 Å². The van der Waals surface area contributed by atoms with Crippen molar-refractivity contribution in [2.45, 2.75) is 6.18 Å². The standard InChI is InChI=1S/C11H4Cl2F3NO/c12-8-5-2-1-3-7(11(14,15)16)9(5)17-4-6(8)10(13)18/h1-4H. The zero-order valence-corrected chi connectivity index (χ0v) is 10.1. The SMILES string of the molecule is O=C(Cl)c1cnc2c(C(F)(F)F)cccc2c1Cl. The molecule has 0 unspecified atom stereocenters. The number of hydrogen-bond acceptors (Lipinski definition) is 2. The van der Waals surface area contributed by atoms with E-state index in [0.717, 1.165) is 12.3 Å². The average Bonchev–Trinajstić information content (AvgIpc) is 2.27. The highest BCUT2D eigenvalue weighted by atomic mass is 35.5. The summed E-state index contributed by atoms with van der Waals surface area (Å²) in [5.41, 5.74) is -1.34. The first-order valence-corrected chi connectivity index (χ1v) is 5.42. The predicted octanol–water partition coefficient (Wildman–Crippen LogP) is 4.29. The van der Waals surface area contributed by atoms with Crippen LogP contribution in [-0.4, -0.2) is 10.2 Å². The second kappa shape index (κ2) is 4.40. The summed E-state index contributed by atoms with van der Waals surface area (Å²) in [7, 11) is 0. The summed E-state index contributed by atoms with van der Waals surface area (Å²) in [6.07, 6.45) is -3.60. The van der Waals surface area contributed by atoms with Crippen LogP contribution < -0.4 is 0 Å². The Hall–Kier alpha value is -1.33. The molecule has 2 nitrogen and oxygen atoms in total. The van der Waals surface area contributed by atoms with Gasteiger partial charge in [-0.25, -0.2) is 0 Å². The lowest BCUT2D eigenvalue weighted by atomic mass is 10.1. The molecule has 1 aromatic carbocycles. The summed E-state index contributed by atoms with van der Waals surface area (Å²) in [4.78, 5) is 14.6. The molecule has 0 amide bonds. The number of benzene rings is 1. The predicted molar refractivity (Wildman–Crippen MR) is 61.9 cm³/mol. The number of alkyl halides is 3. The van der Waals surface area contributed by atoms with Crippen LogP contribution in [0.5, 0.6) is 0 Å². The number of aromatic nitrogens is 1. The second-order valence-corrected chi connectivity index (χ2v) is 4.18. The molecule has 0 fully saturated rings. The van der Waals surface area contributed by atoms with E-state index in [1.807, 2.05) is 0 Å². The zero-order chi connectivity index (χ0) is 13.5. The summed E-state index contributed by atoms with van der Waals surface area (Å²) in [6, 6.07) is 3.44. The fourth-order valence-corrected chi connectivity index (χ4v) is 2.04. The number of hydrogen-bond donors (Lipinski definition) is 0. The molecule has 1 aromatic heterocycles. The molecule has 2 aromatic rings. The van der Waals surface area contributed by atoms with E-state index in [0.29, 0.717) is 0 Å². The minimum absolute atomic E-state index is 0.0398. The third-order valence-electron chi connectivity index (χ3n) is 2.35. The van der Waals surface area contributed by atoms with Gasteiger partial charge in [0.25, 0.3) is 5.24 Å². The van der Waals surface area contributed by atoms with Crippen molar-refractivity contribution in [1.82, 2.24) is 4.98 Å². The van der Waals surface area contributed by atoms with Gasteiger partial charge in [0.1, 0.15) is 0 Å². The van der Waals surface area contributed by atoms with Crippen LogP contribution >= 0.6 is 23.2 Å². The van der Waals surface area contributed by atoms with Crippen molar-refractivity contribution in [3.05, 3.63) is 40.5 Å². The highest BCUT2D eigenvalue weighted by molar-refractivity contribution is 6.69. The Morgan fingerprint density at radius 3 is 2.50 bits per heavy atom. The molecule has 0 aliphatic carbocycles. The van der Waals surface area contributed by atoms with E-state index < -0.39 is 17.0 Å². The maximum atomic E-state index is 12.7. The number of halogens is 5. The highest BCUT2D eigenvalue weighted by Crippen LogP contribution is 2.36. The molecule has 18 heavy (non-hydrogen) atoms. The quantitative estimate of drug-likeness (QED) is 0.734. The van der Waals surface area contributed by atoms with Gasteiger partial charge in [-0.2, -0.15) is 13.2 Å². The number of rotatable bonds is 1. The monoisotopic (exact) mass is 293 g/mol. The lowest BCUT2D eigenvalue weighted by Crippen LogP contribution is -2.07. The molecule has 0 saturated carbocycles. The first-order valence-electron chi connectivity index (χ1n) is 4.66. The molecule has 94 valence electrons. The molecule has 0 atom stereocenters. The third kappa shape index (κ3) is 2.15. The molecule has 2 rings (SSSR count). The molecule has 0 aliphatic rings. The van der Waals surface area contributed by atoms with Crippen molar-refractivity contribution < 1.29 is 18.0 Å². The Morgan fingerprint density at radius 2 is 1.94 bits per heavy atom. The normalized spacial score (nSPS) is 11.8. The van der Waals surface area contributed by atoms with E-state index in [-0.39, 0.29) is 21.5 Å². The number of para-hydroxylation sites is 1. The van der Waals surface area contributed by atoms with Crippen molar-refractivity contribution in [3.8, 4) is 0 Å².